The summed E-state index contributed by atoms with van der Waals surface area (Å²) in [4.78, 5) is 18.2. The van der Waals surface area contributed by atoms with Crippen molar-refractivity contribution >= 4 is 11.8 Å². The zero-order chi connectivity index (χ0) is 13.4. The maximum absolute atomic E-state index is 11.5. The van der Waals surface area contributed by atoms with E-state index in [9.17, 15) is 9.90 Å². The molecule has 1 aromatic heterocycles. The average Bonchev–Trinajstić information content (AvgIpc) is 2.84. The molecule has 0 unspecified atom stereocenters. The van der Waals surface area contributed by atoms with Crippen LogP contribution in [0.4, 0.5) is 5.82 Å². The fourth-order valence-corrected chi connectivity index (χ4v) is 2.95. The number of carboxylic acid groups (broad SMARTS) is 1. The van der Waals surface area contributed by atoms with E-state index in [0.29, 0.717) is 11.4 Å². The molecular formula is C15H18N2O2. The lowest BCUT2D eigenvalue weighted by Gasteiger charge is -2.28. The molecule has 0 radical (unpaired) electrons. The number of hydrogen-bond donors (Lipinski definition) is 1. The van der Waals surface area contributed by atoms with Gasteiger partial charge in [0.25, 0.3) is 0 Å². The quantitative estimate of drug-likeness (QED) is 0.828. The number of anilines is 1. The second kappa shape index (κ2) is 4.68. The van der Waals surface area contributed by atoms with Gasteiger partial charge >= 0.3 is 5.97 Å². The van der Waals surface area contributed by atoms with Gasteiger partial charge in [-0.25, -0.2) is 9.78 Å². The van der Waals surface area contributed by atoms with Crippen LogP contribution in [0, 0.1) is 0 Å². The van der Waals surface area contributed by atoms with Crippen LogP contribution in [-0.2, 0) is 12.8 Å². The van der Waals surface area contributed by atoms with Crippen molar-refractivity contribution in [1.29, 1.82) is 0 Å². The molecule has 1 N–H and O–H groups in total. The van der Waals surface area contributed by atoms with Crippen molar-refractivity contribution in [3.05, 3.63) is 34.5 Å². The number of aromatic nitrogens is 1. The van der Waals surface area contributed by atoms with Crippen molar-refractivity contribution in [2.45, 2.75) is 32.6 Å². The molecule has 0 aromatic carbocycles. The maximum atomic E-state index is 11.5. The van der Waals surface area contributed by atoms with Crippen LogP contribution in [0.5, 0.6) is 0 Å². The van der Waals surface area contributed by atoms with Crippen LogP contribution < -0.4 is 4.90 Å². The highest BCUT2D eigenvalue weighted by molar-refractivity contribution is 5.93. The van der Waals surface area contributed by atoms with Gasteiger partial charge in [-0.2, -0.15) is 0 Å². The van der Waals surface area contributed by atoms with Gasteiger partial charge < -0.3 is 10.0 Å². The number of pyridine rings is 1. The summed E-state index contributed by atoms with van der Waals surface area (Å²) in [6.45, 7) is 3.72. The molecular weight excluding hydrogens is 240 g/mol. The highest BCUT2D eigenvalue weighted by atomic mass is 16.4. The SMILES string of the molecule is CC1=CCCN(c2nc3c(cc2C(=O)O)CCC3)C1. The number of carbonyl (C=O) groups is 1. The highest BCUT2D eigenvalue weighted by Gasteiger charge is 2.24. The van der Waals surface area contributed by atoms with Gasteiger partial charge in [0.1, 0.15) is 11.4 Å². The minimum Gasteiger partial charge on any atom is -0.478 e. The zero-order valence-electron chi connectivity index (χ0n) is 11.1. The molecule has 4 nitrogen and oxygen atoms in total. The van der Waals surface area contributed by atoms with Crippen LogP contribution in [0.2, 0.25) is 0 Å². The molecule has 0 spiro atoms. The number of carboxylic acids is 1. The third kappa shape index (κ3) is 2.23. The summed E-state index contributed by atoms with van der Waals surface area (Å²) in [7, 11) is 0. The van der Waals surface area contributed by atoms with Crippen LogP contribution in [0.15, 0.2) is 17.7 Å². The van der Waals surface area contributed by atoms with Gasteiger partial charge in [-0.05, 0) is 44.2 Å². The first kappa shape index (κ1) is 12.2. The van der Waals surface area contributed by atoms with E-state index >= 15 is 0 Å². The van der Waals surface area contributed by atoms with Gasteiger partial charge in [-0.15, -0.1) is 0 Å². The Kier molecular flexibility index (Phi) is 3.01. The molecule has 4 heteroatoms. The largest absolute Gasteiger partial charge is 0.478 e. The molecule has 2 aliphatic rings. The summed E-state index contributed by atoms with van der Waals surface area (Å²) in [6, 6.07) is 1.83. The molecule has 2 heterocycles. The van der Waals surface area contributed by atoms with Crippen molar-refractivity contribution in [3.63, 3.8) is 0 Å². The Bertz CT molecular complexity index is 564. The van der Waals surface area contributed by atoms with Crippen LogP contribution in [0.1, 0.15) is 41.4 Å². The molecule has 0 amide bonds. The summed E-state index contributed by atoms with van der Waals surface area (Å²) >= 11 is 0. The fraction of sp³-hybridized carbons (Fsp3) is 0.467. The van der Waals surface area contributed by atoms with E-state index < -0.39 is 5.97 Å². The number of aromatic carboxylic acids is 1. The molecule has 0 saturated heterocycles. The number of rotatable bonds is 2. The van der Waals surface area contributed by atoms with Crippen molar-refractivity contribution in [3.8, 4) is 0 Å². The fourth-order valence-electron chi connectivity index (χ4n) is 2.95. The lowest BCUT2D eigenvalue weighted by atomic mass is 10.1. The molecule has 1 aliphatic carbocycles. The minimum absolute atomic E-state index is 0.357. The Morgan fingerprint density at radius 1 is 1.42 bits per heavy atom. The molecule has 0 saturated carbocycles. The molecule has 3 rings (SSSR count). The summed E-state index contributed by atoms with van der Waals surface area (Å²) in [5.41, 5.74) is 3.85. The Hall–Kier alpha value is -1.84. The van der Waals surface area contributed by atoms with Gasteiger partial charge in [0.15, 0.2) is 0 Å². The number of fused-ring (bicyclic) bond motifs is 1. The smallest absolute Gasteiger partial charge is 0.339 e. The van der Waals surface area contributed by atoms with E-state index in [1.54, 1.807) is 0 Å². The third-order valence-corrected chi connectivity index (χ3v) is 3.89. The number of aryl methyl sites for hydroxylation is 2. The predicted octanol–water partition coefficient (Wildman–Crippen LogP) is 2.42. The first-order valence-corrected chi connectivity index (χ1v) is 6.82. The number of hydrogen-bond acceptors (Lipinski definition) is 3. The topological polar surface area (TPSA) is 53.4 Å². The first-order chi connectivity index (χ1) is 9.15. The van der Waals surface area contributed by atoms with E-state index in [0.717, 1.165) is 50.0 Å². The van der Waals surface area contributed by atoms with E-state index in [-0.39, 0.29) is 0 Å². The normalized spacial score (nSPS) is 18.2. The van der Waals surface area contributed by atoms with Crippen LogP contribution in [-0.4, -0.2) is 29.1 Å². The van der Waals surface area contributed by atoms with Crippen LogP contribution in [0.25, 0.3) is 0 Å². The van der Waals surface area contributed by atoms with Crippen molar-refractivity contribution in [2.75, 3.05) is 18.0 Å². The van der Waals surface area contributed by atoms with E-state index in [1.807, 2.05) is 6.07 Å². The van der Waals surface area contributed by atoms with Crippen molar-refractivity contribution in [1.82, 2.24) is 4.98 Å². The van der Waals surface area contributed by atoms with Gasteiger partial charge in [0.05, 0.1) is 0 Å². The highest BCUT2D eigenvalue weighted by Crippen LogP contribution is 2.29. The second-order valence-electron chi connectivity index (χ2n) is 5.38. The maximum Gasteiger partial charge on any atom is 0.339 e. The second-order valence-corrected chi connectivity index (χ2v) is 5.38. The molecule has 1 aromatic rings. The lowest BCUT2D eigenvalue weighted by molar-refractivity contribution is 0.0697. The molecule has 1 aliphatic heterocycles. The Morgan fingerprint density at radius 2 is 2.26 bits per heavy atom. The molecule has 0 fully saturated rings. The van der Waals surface area contributed by atoms with Crippen molar-refractivity contribution in [2.24, 2.45) is 0 Å². The molecule has 100 valence electrons. The molecule has 0 atom stereocenters. The van der Waals surface area contributed by atoms with Crippen LogP contribution >= 0.6 is 0 Å². The van der Waals surface area contributed by atoms with E-state index in [4.69, 9.17) is 0 Å². The standard InChI is InChI=1S/C15H18N2O2/c1-10-4-3-7-17(9-10)14-12(15(18)19)8-11-5-2-6-13(11)16-14/h4,8H,2-3,5-7,9H2,1H3,(H,18,19). The summed E-state index contributed by atoms with van der Waals surface area (Å²) in [5, 5.41) is 9.41. The Balaban J connectivity index is 2.04. The summed E-state index contributed by atoms with van der Waals surface area (Å²) in [5.74, 6) is -0.218. The monoisotopic (exact) mass is 258 g/mol. The van der Waals surface area contributed by atoms with Gasteiger partial charge in [-0.3, -0.25) is 0 Å². The van der Waals surface area contributed by atoms with E-state index in [1.165, 1.54) is 5.57 Å². The van der Waals surface area contributed by atoms with E-state index in [2.05, 4.69) is 22.9 Å². The lowest BCUT2D eigenvalue weighted by Crippen LogP contribution is -2.31. The molecule has 0 bridgehead atoms. The van der Waals surface area contributed by atoms with Crippen molar-refractivity contribution < 1.29 is 9.90 Å². The average molecular weight is 258 g/mol. The predicted molar refractivity (Wildman–Crippen MR) is 73.8 cm³/mol. The summed E-state index contributed by atoms with van der Waals surface area (Å²) < 4.78 is 0. The van der Waals surface area contributed by atoms with Crippen LogP contribution in [0.3, 0.4) is 0 Å². The van der Waals surface area contributed by atoms with Gasteiger partial charge in [-0.1, -0.05) is 11.6 Å². The van der Waals surface area contributed by atoms with Gasteiger partial charge in [0.2, 0.25) is 0 Å². The zero-order valence-corrected chi connectivity index (χ0v) is 11.1. The third-order valence-electron chi connectivity index (χ3n) is 3.89. The minimum atomic E-state index is -0.871. The molecule has 19 heavy (non-hydrogen) atoms. The van der Waals surface area contributed by atoms with Gasteiger partial charge in [0, 0.05) is 18.8 Å². The Labute approximate surface area is 112 Å². The first-order valence-electron chi connectivity index (χ1n) is 6.82. The Morgan fingerprint density at radius 3 is 3.00 bits per heavy atom. The summed E-state index contributed by atoms with van der Waals surface area (Å²) in [6.07, 6.45) is 6.20. The number of nitrogens with zero attached hydrogens (tertiary/aromatic N) is 2.